The molecule has 1 saturated heterocycles. The van der Waals surface area contributed by atoms with Gasteiger partial charge in [-0.15, -0.1) is 11.8 Å². The molecule has 21 N–H and O–H groups in total. The predicted molar refractivity (Wildman–Crippen MR) is 493 cm³/mol. The van der Waals surface area contributed by atoms with Crippen molar-refractivity contribution >= 4 is 129 Å². The summed E-state index contributed by atoms with van der Waals surface area (Å²) in [4.78, 5) is 263. The van der Waals surface area contributed by atoms with E-state index in [2.05, 4.69) is 74.1 Å². The number of primary amides is 2. The summed E-state index contributed by atoms with van der Waals surface area (Å²) in [6, 6.07) is 12.4. The highest BCUT2D eigenvalue weighted by Crippen LogP contribution is 2.26. The Balaban J connectivity index is 1.31. The molecule has 0 radical (unpaired) electrons. The van der Waals surface area contributed by atoms with Gasteiger partial charge in [-0.2, -0.15) is 0 Å². The van der Waals surface area contributed by atoms with Crippen LogP contribution < -0.4 is 80.6 Å². The third-order valence-corrected chi connectivity index (χ3v) is 23.2. The average molecular weight is 1860 g/mol. The Hall–Kier alpha value is -13.8. The lowest BCUT2D eigenvalue weighted by Crippen LogP contribution is -2.61. The molecule has 0 unspecified atom stereocenters. The van der Waals surface area contributed by atoms with E-state index in [1.54, 1.807) is 114 Å². The number of carbonyl (C=O) groups excluding carboxylic acids is 17. The van der Waals surface area contributed by atoms with Gasteiger partial charge in [0.15, 0.2) is 0 Å². The predicted octanol–water partition coefficient (Wildman–Crippen LogP) is -0.274. The summed E-state index contributed by atoms with van der Waals surface area (Å²) in [5.74, 6) is -22.7. The van der Waals surface area contributed by atoms with Crippen LogP contribution in [0.15, 0.2) is 134 Å². The van der Waals surface area contributed by atoms with Crippen LogP contribution in [0.2, 0.25) is 0 Å². The number of thioether (sulfide) groups is 1. The summed E-state index contributed by atoms with van der Waals surface area (Å²) in [7, 11) is 2.48. The first kappa shape index (κ1) is 106. The van der Waals surface area contributed by atoms with Crippen LogP contribution in [0.4, 0.5) is 0 Å². The Labute approximate surface area is 775 Å². The summed E-state index contributed by atoms with van der Waals surface area (Å²) in [5.41, 5.74) is 16.1. The molecular weight excluding hydrogens is 1740 g/mol. The van der Waals surface area contributed by atoms with Gasteiger partial charge in [-0.05, 0) is 114 Å². The molecule has 40 heteroatoms. The number of carboxylic acids is 1. The molecule has 5 aromatic carbocycles. The Morgan fingerprint density at radius 3 is 1.44 bits per heavy atom. The van der Waals surface area contributed by atoms with Gasteiger partial charge < -0.3 is 111 Å². The number of aryl methyl sites for hydroxylation is 1. The number of nitrogens with two attached hydrogens (primary N) is 2. The highest BCUT2D eigenvalue weighted by Gasteiger charge is 2.41. The summed E-state index contributed by atoms with van der Waals surface area (Å²) < 4.78 is 0. The molecule has 718 valence electrons. The molecule has 17 amide bonds. The third kappa shape index (κ3) is 32.6. The second-order valence-electron chi connectivity index (χ2n) is 34.7. The van der Waals surface area contributed by atoms with Crippen molar-refractivity contribution in [2.75, 3.05) is 38.8 Å². The number of aliphatic carboxylic acids is 1. The molecule has 133 heavy (non-hydrogen) atoms. The number of nitrogens with one attached hydrogen (secondary N) is 14. The smallest absolute Gasteiger partial charge is 0.305 e. The molecule has 1 fully saturated rings. The fraction of sp³-hybridized carbons (Fsp3) is 0.462. The fourth-order valence-electron chi connectivity index (χ4n) is 14.6. The Morgan fingerprint density at radius 1 is 0.474 bits per heavy atom. The van der Waals surface area contributed by atoms with E-state index in [4.69, 9.17) is 11.5 Å². The zero-order valence-corrected chi connectivity index (χ0v) is 77.5. The fourth-order valence-corrected chi connectivity index (χ4v) is 15.5. The molecule has 2 heterocycles. The molecule has 7 rings (SSSR count). The Bertz CT molecular complexity index is 5150. The maximum absolute atomic E-state index is 15.5. The van der Waals surface area contributed by atoms with E-state index < -0.39 is 253 Å². The number of hydrogen-bond acceptors (Lipinski definition) is 21. The Kier molecular flexibility index (Phi) is 40.4. The summed E-state index contributed by atoms with van der Waals surface area (Å²) in [6.07, 6.45) is -1.96. The first-order chi connectivity index (χ1) is 62.8. The normalized spacial score (nSPS) is 23.1. The van der Waals surface area contributed by atoms with Crippen molar-refractivity contribution in [2.24, 2.45) is 35.1 Å². The number of aliphatic hydroxyl groups is 1. The number of aromatic amines is 1. The lowest BCUT2D eigenvalue weighted by atomic mass is 9.96. The second-order valence-corrected chi connectivity index (χ2v) is 35.7. The van der Waals surface area contributed by atoms with E-state index in [0.717, 1.165) is 26.5 Å². The molecule has 14 atom stereocenters. The van der Waals surface area contributed by atoms with Gasteiger partial charge in [0.2, 0.25) is 100 Å². The van der Waals surface area contributed by atoms with Crippen LogP contribution in [0.25, 0.3) is 22.0 Å². The number of aromatic hydroxyl groups is 1. The number of nitrogens with zero attached hydrogens (tertiary/aromatic N) is 2. The summed E-state index contributed by atoms with van der Waals surface area (Å²) in [5, 5.41) is 65.4. The lowest BCUT2D eigenvalue weighted by Gasteiger charge is -2.33. The number of phenolic OH excluding ortho intramolecular Hbond substituents is 1. The van der Waals surface area contributed by atoms with Crippen LogP contribution >= 0.6 is 11.8 Å². The molecule has 0 aliphatic carbocycles. The van der Waals surface area contributed by atoms with Crippen LogP contribution in [-0.4, -0.2) is 260 Å². The number of aromatic nitrogens is 1. The number of amides is 17. The van der Waals surface area contributed by atoms with Crippen LogP contribution in [-0.2, 0) is 112 Å². The van der Waals surface area contributed by atoms with Gasteiger partial charge in [-0.3, -0.25) is 86.3 Å². The molecule has 6 aromatic rings. The monoisotopic (exact) mass is 1860 g/mol. The Morgan fingerprint density at radius 2 is 0.910 bits per heavy atom. The highest BCUT2D eigenvalue weighted by molar-refractivity contribution is 8.00. The average Bonchev–Trinajstić information content (AvgIpc) is 1.64. The molecular formula is C93H124N18O21S. The highest BCUT2D eigenvalue weighted by atomic mass is 32.2. The molecule has 39 nitrogen and oxygen atoms in total. The van der Waals surface area contributed by atoms with E-state index in [-0.39, 0.29) is 43.8 Å². The topological polar surface area (TPSA) is 599 Å². The van der Waals surface area contributed by atoms with Gasteiger partial charge in [-0.25, -0.2) is 0 Å². The first-order valence-corrected chi connectivity index (χ1v) is 44.9. The summed E-state index contributed by atoms with van der Waals surface area (Å²) >= 11 is 0.703. The number of carbonyl (C=O) groups is 18. The van der Waals surface area contributed by atoms with Crippen molar-refractivity contribution in [3.05, 3.63) is 161 Å². The number of rotatable bonds is 23. The van der Waals surface area contributed by atoms with Crippen LogP contribution in [0.3, 0.4) is 0 Å². The van der Waals surface area contributed by atoms with Crippen LogP contribution in [0, 0.1) is 30.6 Å². The molecule has 1 aliphatic heterocycles. The number of phenols is 1. The quantitative estimate of drug-likeness (QED) is 0.0392. The molecule has 1 aliphatic rings. The van der Waals surface area contributed by atoms with Crippen molar-refractivity contribution in [3.8, 4) is 16.9 Å². The van der Waals surface area contributed by atoms with Crippen molar-refractivity contribution in [1.82, 2.24) is 83.9 Å². The number of likely N-dealkylation sites (N-methyl/N-ethyl adjacent to an activating group) is 2. The zero-order valence-electron chi connectivity index (χ0n) is 76.7. The molecule has 1 aromatic heterocycles. The maximum atomic E-state index is 15.5. The number of aliphatic hydroxyl groups excluding tert-OH is 1. The minimum atomic E-state index is -2.06. The van der Waals surface area contributed by atoms with Crippen molar-refractivity contribution < 1.29 is 102 Å². The van der Waals surface area contributed by atoms with E-state index in [9.17, 15) is 72.9 Å². The van der Waals surface area contributed by atoms with Crippen molar-refractivity contribution in [3.63, 3.8) is 0 Å². The zero-order chi connectivity index (χ0) is 98.4. The number of para-hydroxylation sites is 1. The van der Waals surface area contributed by atoms with Gasteiger partial charge >= 0.3 is 5.97 Å². The van der Waals surface area contributed by atoms with Crippen LogP contribution in [0.5, 0.6) is 5.75 Å². The number of fused-ring (bicyclic) bond motifs is 1. The number of benzene rings is 5. The number of H-pyrrole nitrogens is 1. The van der Waals surface area contributed by atoms with Gasteiger partial charge in [0.05, 0.1) is 31.7 Å². The molecule has 0 spiro atoms. The van der Waals surface area contributed by atoms with Gasteiger partial charge in [0.25, 0.3) is 0 Å². The minimum Gasteiger partial charge on any atom is -0.508 e. The first-order valence-electron chi connectivity index (χ1n) is 43.8. The maximum Gasteiger partial charge on any atom is 0.305 e. The van der Waals surface area contributed by atoms with Crippen molar-refractivity contribution in [1.29, 1.82) is 0 Å². The van der Waals surface area contributed by atoms with Crippen molar-refractivity contribution in [2.45, 2.75) is 212 Å². The van der Waals surface area contributed by atoms with Crippen LogP contribution in [0.1, 0.15) is 123 Å². The van der Waals surface area contributed by atoms with Gasteiger partial charge in [0.1, 0.15) is 90.3 Å². The molecule has 0 bridgehead atoms. The second kappa shape index (κ2) is 50.6. The summed E-state index contributed by atoms with van der Waals surface area (Å²) in [6.45, 7) is 15.6. The largest absolute Gasteiger partial charge is 0.508 e. The van der Waals surface area contributed by atoms with E-state index in [0.29, 0.717) is 44.9 Å². The van der Waals surface area contributed by atoms with Gasteiger partial charge in [0, 0.05) is 62.6 Å². The van der Waals surface area contributed by atoms with E-state index in [1.807, 2.05) is 43.3 Å². The van der Waals surface area contributed by atoms with E-state index in [1.165, 1.54) is 66.1 Å². The minimum absolute atomic E-state index is 0.121. The lowest BCUT2D eigenvalue weighted by molar-refractivity contribution is -0.147. The van der Waals surface area contributed by atoms with E-state index >= 15 is 28.8 Å². The number of hydrogen-bond donors (Lipinski definition) is 19. The third-order valence-electron chi connectivity index (χ3n) is 22.2. The standard InChI is InChI=1S/C93H124N18O21S/c1-48(2)35-64-81(120)103-68(38-56-27-31-58(32-28-56)61-24-18-17-21-52(61)9)88(127)109-79(51(7)8)93(132)111(13)54(11)92(131)110(12)44-75(115)98-70(41-74(94)114)85(124)101-65(36-49(3)4)87(126)108-78(50(5)6)91(130)106-72(45-112)89(128)107-73(90(129)97-53(10)80(95)119)46-133-47-76(116)99-66(37-55-22-15-14-16-23-55)82(121)102-67(39-57-29-33-60(113)34-30-57)83(122)105-71(42-77(117)118)86(125)104-69(84(123)100-64)40-59-43-96-63-26-20-19-25-62(59)63/h14-34,43,48-51,53-54,64-73,78-79,96,112-113H,35-42,44-47H2,1-13H3,(H2,94,114)(H2,95,119)(H,97,129)(H,98,115)(H,99,116)(H,100,123)(H,101,124)(H,102,121)(H,103,120)(H,104,125)(H,105,122)(H,106,130)(H,107,128)(H,108,126)(H,109,127)(H,117,118)/t53-,54-,64-,65-,66-,67-,68-,69-,70-,71-,72-,73-,78-,79-/m0/s1. The molecule has 0 saturated carbocycles. The number of carboxylic acid groups (broad SMARTS) is 1. The SMILES string of the molecule is Cc1ccccc1-c1ccc(C[C@@H]2NC(=O)[C@H](CC(C)C)NC(=O)[C@H](Cc3c[nH]c4ccccc34)NC(=O)[C@H](CC(=O)O)NC(=O)[C@H](Cc3ccc(O)cc3)NC(=O)[C@H](Cc3ccccc3)NC(=O)CSC[C@@H](C(=O)N[C@@H](C)C(N)=O)NC(=O)[C@H](CO)NC(=O)[C@H](C(C)C)NC(=O)[C@H](CC(C)C)NC(=O)[C@H](CC(N)=O)NC(=O)CN(C)C(=O)[C@H](C)N(C)C(=O)[C@H](C(C)C)NC2=O)cc1. The van der Waals surface area contributed by atoms with Gasteiger partial charge in [-0.1, -0.05) is 165 Å².